The zero-order chi connectivity index (χ0) is 13.7. The largest absolute Gasteiger partial charge is 0.481 e. The topological polar surface area (TPSA) is 71.5 Å². The Bertz CT molecular complexity index is 436. The van der Waals surface area contributed by atoms with Crippen LogP contribution in [0.5, 0.6) is 5.88 Å². The number of hydrogen-bond acceptors (Lipinski definition) is 4. The first-order valence-electron chi connectivity index (χ1n) is 6.64. The summed E-state index contributed by atoms with van der Waals surface area (Å²) in [4.78, 5) is 15.2. The van der Waals surface area contributed by atoms with Gasteiger partial charge < -0.3 is 15.2 Å². The summed E-state index contributed by atoms with van der Waals surface area (Å²) in [6.45, 7) is 0.661. The molecule has 2 atom stereocenters. The molecule has 0 aromatic carbocycles. The molecule has 0 bridgehead atoms. The maximum Gasteiger partial charge on any atom is 0.306 e. The minimum Gasteiger partial charge on any atom is -0.481 e. The lowest BCUT2D eigenvalue weighted by atomic mass is 9.86. The van der Waals surface area contributed by atoms with Crippen molar-refractivity contribution in [2.24, 2.45) is 5.92 Å². The van der Waals surface area contributed by atoms with Gasteiger partial charge in [-0.2, -0.15) is 0 Å². The van der Waals surface area contributed by atoms with Gasteiger partial charge >= 0.3 is 5.97 Å². The highest BCUT2D eigenvalue weighted by Crippen LogP contribution is 2.25. The van der Waals surface area contributed by atoms with Gasteiger partial charge in [0.25, 0.3) is 0 Å². The highest BCUT2D eigenvalue weighted by atomic mass is 16.5. The molecule has 1 heterocycles. The van der Waals surface area contributed by atoms with Crippen LogP contribution in [0.3, 0.4) is 0 Å². The zero-order valence-electron chi connectivity index (χ0n) is 11.1. The molecule has 1 aromatic heterocycles. The van der Waals surface area contributed by atoms with Crippen molar-refractivity contribution in [2.45, 2.75) is 38.3 Å². The Balaban J connectivity index is 1.89. The number of aliphatic carboxylic acids is 1. The number of aromatic nitrogens is 1. The molecule has 0 aliphatic heterocycles. The van der Waals surface area contributed by atoms with Gasteiger partial charge in [0.15, 0.2) is 0 Å². The summed E-state index contributed by atoms with van der Waals surface area (Å²) in [5, 5.41) is 12.5. The van der Waals surface area contributed by atoms with E-state index in [0.717, 1.165) is 24.8 Å². The van der Waals surface area contributed by atoms with E-state index in [1.807, 2.05) is 12.1 Å². The fraction of sp³-hybridized carbons (Fsp3) is 0.571. The van der Waals surface area contributed by atoms with Crippen LogP contribution in [-0.2, 0) is 11.3 Å². The summed E-state index contributed by atoms with van der Waals surface area (Å²) < 4.78 is 5.20. The number of nitrogens with one attached hydrogen (secondary N) is 1. The van der Waals surface area contributed by atoms with Crippen LogP contribution < -0.4 is 10.1 Å². The third-order valence-corrected chi connectivity index (χ3v) is 3.65. The second-order valence-corrected chi connectivity index (χ2v) is 4.95. The second kappa shape index (κ2) is 6.52. The quantitative estimate of drug-likeness (QED) is 0.849. The van der Waals surface area contributed by atoms with Crippen molar-refractivity contribution in [1.82, 2.24) is 10.3 Å². The number of methoxy groups -OCH3 is 1. The van der Waals surface area contributed by atoms with E-state index in [4.69, 9.17) is 9.84 Å². The summed E-state index contributed by atoms with van der Waals surface area (Å²) in [7, 11) is 1.60. The highest BCUT2D eigenvalue weighted by Gasteiger charge is 2.26. The molecule has 104 valence electrons. The molecule has 0 amide bonds. The Morgan fingerprint density at radius 1 is 1.58 bits per heavy atom. The fourth-order valence-corrected chi connectivity index (χ4v) is 2.60. The Labute approximate surface area is 113 Å². The number of ether oxygens (including phenoxy) is 1. The number of nitrogens with zero attached hydrogens (tertiary/aromatic N) is 1. The van der Waals surface area contributed by atoms with E-state index in [1.54, 1.807) is 13.3 Å². The number of carboxylic acid groups (broad SMARTS) is 1. The van der Waals surface area contributed by atoms with E-state index in [0.29, 0.717) is 18.8 Å². The van der Waals surface area contributed by atoms with Gasteiger partial charge in [0.05, 0.1) is 13.0 Å². The molecule has 1 aliphatic carbocycles. The maximum absolute atomic E-state index is 11.0. The van der Waals surface area contributed by atoms with Crippen molar-refractivity contribution in [3.63, 3.8) is 0 Å². The summed E-state index contributed by atoms with van der Waals surface area (Å²) in [5.74, 6) is -0.256. The number of carboxylic acids is 1. The minimum absolute atomic E-state index is 0.206. The fourth-order valence-electron chi connectivity index (χ4n) is 2.60. The maximum atomic E-state index is 11.0. The molecule has 1 aliphatic rings. The molecule has 1 fully saturated rings. The molecule has 0 saturated heterocycles. The van der Waals surface area contributed by atoms with E-state index in [2.05, 4.69) is 10.3 Å². The molecular formula is C14H20N2O3. The molecule has 0 radical (unpaired) electrons. The predicted octanol–water partition coefficient (Wildman–Crippen LogP) is 1.82. The molecular weight excluding hydrogens is 244 g/mol. The highest BCUT2D eigenvalue weighted by molar-refractivity contribution is 5.70. The monoisotopic (exact) mass is 264 g/mol. The van der Waals surface area contributed by atoms with Gasteiger partial charge in [-0.1, -0.05) is 12.5 Å². The number of hydrogen-bond donors (Lipinski definition) is 2. The summed E-state index contributed by atoms with van der Waals surface area (Å²) >= 11 is 0. The van der Waals surface area contributed by atoms with Crippen molar-refractivity contribution in [3.8, 4) is 5.88 Å². The molecule has 0 spiro atoms. The molecule has 19 heavy (non-hydrogen) atoms. The lowest BCUT2D eigenvalue weighted by Crippen LogP contribution is -2.36. The normalized spacial score (nSPS) is 23.0. The van der Waals surface area contributed by atoms with E-state index >= 15 is 0 Å². The average molecular weight is 264 g/mol. The molecule has 2 rings (SSSR count). The summed E-state index contributed by atoms with van der Waals surface area (Å²) in [6, 6.07) is 4.11. The minimum atomic E-state index is -0.676. The van der Waals surface area contributed by atoms with Crippen molar-refractivity contribution in [2.75, 3.05) is 7.11 Å². The molecule has 5 heteroatoms. The number of rotatable bonds is 5. The van der Waals surface area contributed by atoms with E-state index in [9.17, 15) is 4.79 Å². The van der Waals surface area contributed by atoms with Crippen LogP contribution in [-0.4, -0.2) is 29.2 Å². The van der Waals surface area contributed by atoms with Gasteiger partial charge in [-0.25, -0.2) is 4.98 Å². The molecule has 2 unspecified atom stereocenters. The smallest absolute Gasteiger partial charge is 0.306 e. The van der Waals surface area contributed by atoms with E-state index in [-0.39, 0.29) is 12.0 Å². The first-order chi connectivity index (χ1) is 9.20. The average Bonchev–Trinajstić information content (AvgIpc) is 2.45. The standard InChI is InChI=1S/C14H20N2O3/c1-19-13-11(5-3-7-15-13)9-16-12-6-2-4-10(8-12)14(17)18/h3,5,7,10,12,16H,2,4,6,8-9H2,1H3,(H,17,18). The van der Waals surface area contributed by atoms with Crippen LogP contribution >= 0.6 is 0 Å². The summed E-state index contributed by atoms with van der Waals surface area (Å²) in [5.41, 5.74) is 1.00. The molecule has 5 nitrogen and oxygen atoms in total. The van der Waals surface area contributed by atoms with Gasteiger partial charge in [0.1, 0.15) is 0 Å². The first kappa shape index (κ1) is 13.8. The Hall–Kier alpha value is -1.62. The molecule has 1 saturated carbocycles. The van der Waals surface area contributed by atoms with Crippen LogP contribution in [0.4, 0.5) is 0 Å². The van der Waals surface area contributed by atoms with Crippen molar-refractivity contribution >= 4 is 5.97 Å². The molecule has 1 aromatic rings. The van der Waals surface area contributed by atoms with Gasteiger partial charge in [-0.05, 0) is 25.3 Å². The third-order valence-electron chi connectivity index (χ3n) is 3.65. The van der Waals surface area contributed by atoms with Gasteiger partial charge in [0.2, 0.25) is 5.88 Å². The van der Waals surface area contributed by atoms with E-state index in [1.165, 1.54) is 0 Å². The van der Waals surface area contributed by atoms with Crippen molar-refractivity contribution in [1.29, 1.82) is 0 Å². The zero-order valence-corrected chi connectivity index (χ0v) is 11.1. The van der Waals surface area contributed by atoms with Crippen molar-refractivity contribution in [3.05, 3.63) is 23.9 Å². The lowest BCUT2D eigenvalue weighted by molar-refractivity contribution is -0.143. The lowest BCUT2D eigenvalue weighted by Gasteiger charge is -2.27. The van der Waals surface area contributed by atoms with Crippen LogP contribution in [0.25, 0.3) is 0 Å². The Morgan fingerprint density at radius 3 is 3.16 bits per heavy atom. The second-order valence-electron chi connectivity index (χ2n) is 4.95. The SMILES string of the molecule is COc1ncccc1CNC1CCCC(C(=O)O)C1. The van der Waals surface area contributed by atoms with Crippen molar-refractivity contribution < 1.29 is 14.6 Å². The van der Waals surface area contributed by atoms with Crippen LogP contribution in [0, 0.1) is 5.92 Å². The Morgan fingerprint density at radius 2 is 2.42 bits per heavy atom. The van der Waals surface area contributed by atoms with Crippen LogP contribution in [0.2, 0.25) is 0 Å². The van der Waals surface area contributed by atoms with E-state index < -0.39 is 5.97 Å². The van der Waals surface area contributed by atoms with Gasteiger partial charge in [0, 0.05) is 24.3 Å². The van der Waals surface area contributed by atoms with Gasteiger partial charge in [-0.15, -0.1) is 0 Å². The summed E-state index contributed by atoms with van der Waals surface area (Å²) in [6.07, 6.45) is 5.20. The van der Waals surface area contributed by atoms with Crippen LogP contribution in [0.1, 0.15) is 31.2 Å². The Kier molecular flexibility index (Phi) is 4.74. The number of pyridine rings is 1. The predicted molar refractivity (Wildman–Crippen MR) is 71.0 cm³/mol. The third kappa shape index (κ3) is 3.67. The number of carbonyl (C=O) groups is 1. The van der Waals surface area contributed by atoms with Gasteiger partial charge in [-0.3, -0.25) is 4.79 Å². The first-order valence-corrected chi connectivity index (χ1v) is 6.64. The molecule has 2 N–H and O–H groups in total. The van der Waals surface area contributed by atoms with Crippen LogP contribution in [0.15, 0.2) is 18.3 Å².